The summed E-state index contributed by atoms with van der Waals surface area (Å²) in [6.45, 7) is 3.67. The first-order valence-electron chi connectivity index (χ1n) is 5.59. The predicted molar refractivity (Wildman–Crippen MR) is 76.4 cm³/mol. The molecule has 0 saturated carbocycles. The van der Waals surface area contributed by atoms with Gasteiger partial charge in [-0.1, -0.05) is 18.3 Å². The Bertz CT molecular complexity index is 484. The van der Waals surface area contributed by atoms with Crippen LogP contribution in [0.5, 0.6) is 0 Å². The van der Waals surface area contributed by atoms with Crippen molar-refractivity contribution in [2.75, 3.05) is 31.3 Å². The highest BCUT2D eigenvalue weighted by molar-refractivity contribution is 7.99. The summed E-state index contributed by atoms with van der Waals surface area (Å²) in [6, 6.07) is 6.43. The molecule has 0 aliphatic carbocycles. The van der Waals surface area contributed by atoms with E-state index in [1.807, 2.05) is 11.8 Å². The molecule has 0 bridgehead atoms. The molecule has 0 fully saturated rings. The van der Waals surface area contributed by atoms with E-state index >= 15 is 0 Å². The van der Waals surface area contributed by atoms with E-state index in [1.165, 1.54) is 9.60 Å². The minimum absolute atomic E-state index is 0.701. The average Bonchev–Trinajstić information content (AvgIpc) is 2.72. The number of methoxy groups -OCH3 is 1. The molecule has 2 aromatic rings. The monoisotopic (exact) mass is 268 g/mol. The van der Waals surface area contributed by atoms with Crippen molar-refractivity contribution < 1.29 is 4.74 Å². The molecule has 0 saturated heterocycles. The summed E-state index contributed by atoms with van der Waals surface area (Å²) in [5.41, 5.74) is 1.07. The van der Waals surface area contributed by atoms with E-state index in [2.05, 4.69) is 35.4 Å². The number of hydrogen-bond acceptors (Lipinski definition) is 5. The van der Waals surface area contributed by atoms with Crippen LogP contribution < -0.4 is 5.32 Å². The van der Waals surface area contributed by atoms with Crippen molar-refractivity contribution in [3.05, 3.63) is 18.2 Å². The number of thioether (sulfide) groups is 1. The van der Waals surface area contributed by atoms with Gasteiger partial charge in [-0.3, -0.25) is 0 Å². The highest BCUT2D eigenvalue weighted by Gasteiger charge is 2.04. The number of ether oxygens (including phenoxy) is 1. The molecule has 2 rings (SSSR count). The van der Waals surface area contributed by atoms with Gasteiger partial charge in [0.15, 0.2) is 5.13 Å². The fourth-order valence-corrected chi connectivity index (χ4v) is 3.20. The van der Waals surface area contributed by atoms with Crippen molar-refractivity contribution in [2.24, 2.45) is 0 Å². The maximum absolute atomic E-state index is 5.00. The van der Waals surface area contributed by atoms with E-state index in [0.717, 1.165) is 22.9 Å². The average molecular weight is 268 g/mol. The lowest BCUT2D eigenvalue weighted by Crippen LogP contribution is -2.06. The molecule has 1 aromatic carbocycles. The fourth-order valence-electron chi connectivity index (χ4n) is 1.50. The Labute approximate surface area is 110 Å². The van der Waals surface area contributed by atoms with Crippen molar-refractivity contribution in [1.82, 2.24) is 4.98 Å². The first kappa shape index (κ1) is 12.7. The van der Waals surface area contributed by atoms with Gasteiger partial charge in [0.1, 0.15) is 0 Å². The third-order valence-electron chi connectivity index (χ3n) is 2.25. The number of benzene rings is 1. The molecular formula is C12H16N2OS2. The van der Waals surface area contributed by atoms with Crippen LogP contribution in [-0.4, -0.2) is 31.0 Å². The maximum atomic E-state index is 5.00. The smallest absolute Gasteiger partial charge is 0.183 e. The van der Waals surface area contributed by atoms with Crippen molar-refractivity contribution in [3.63, 3.8) is 0 Å². The highest BCUT2D eigenvalue weighted by Crippen LogP contribution is 2.29. The first-order valence-corrected chi connectivity index (χ1v) is 7.40. The third-order valence-corrected chi connectivity index (χ3v) is 4.11. The van der Waals surface area contributed by atoms with Crippen LogP contribution in [0, 0.1) is 0 Å². The normalized spacial score (nSPS) is 10.9. The Morgan fingerprint density at radius 2 is 2.35 bits per heavy atom. The number of nitrogens with zero attached hydrogens (tertiary/aromatic N) is 1. The molecule has 3 nitrogen and oxygen atoms in total. The van der Waals surface area contributed by atoms with Crippen LogP contribution in [0.3, 0.4) is 0 Å². The van der Waals surface area contributed by atoms with Gasteiger partial charge < -0.3 is 10.1 Å². The van der Waals surface area contributed by atoms with Gasteiger partial charge in [-0.25, -0.2) is 4.98 Å². The summed E-state index contributed by atoms with van der Waals surface area (Å²) >= 11 is 3.56. The summed E-state index contributed by atoms with van der Waals surface area (Å²) in [7, 11) is 1.70. The zero-order valence-corrected chi connectivity index (χ0v) is 11.7. The van der Waals surface area contributed by atoms with Gasteiger partial charge in [0.2, 0.25) is 0 Å². The lowest BCUT2D eigenvalue weighted by Gasteiger charge is -1.99. The topological polar surface area (TPSA) is 34.2 Å². The van der Waals surface area contributed by atoms with E-state index in [9.17, 15) is 0 Å². The number of rotatable bonds is 6. The summed E-state index contributed by atoms with van der Waals surface area (Å²) in [5.74, 6) is 1.10. The molecule has 0 amide bonds. The van der Waals surface area contributed by atoms with Gasteiger partial charge in [-0.05, 0) is 24.0 Å². The number of aromatic nitrogens is 1. The Morgan fingerprint density at radius 1 is 1.47 bits per heavy atom. The minimum Gasteiger partial charge on any atom is -0.383 e. The molecule has 1 aromatic heterocycles. The van der Waals surface area contributed by atoms with Crippen LogP contribution in [-0.2, 0) is 4.74 Å². The minimum atomic E-state index is 0.701. The Kier molecular flexibility index (Phi) is 4.65. The molecule has 1 N–H and O–H groups in total. The van der Waals surface area contributed by atoms with Crippen molar-refractivity contribution in [2.45, 2.75) is 11.8 Å². The van der Waals surface area contributed by atoms with E-state index in [4.69, 9.17) is 4.74 Å². The highest BCUT2D eigenvalue weighted by atomic mass is 32.2. The lowest BCUT2D eigenvalue weighted by atomic mass is 10.3. The van der Waals surface area contributed by atoms with Crippen molar-refractivity contribution in [3.8, 4) is 0 Å². The van der Waals surface area contributed by atoms with E-state index in [1.54, 1.807) is 18.4 Å². The second-order valence-electron chi connectivity index (χ2n) is 3.50. The molecule has 0 atom stereocenters. The third kappa shape index (κ3) is 3.34. The molecule has 0 unspecified atom stereocenters. The van der Waals surface area contributed by atoms with Gasteiger partial charge in [-0.15, -0.1) is 11.8 Å². The number of thiazole rings is 1. The van der Waals surface area contributed by atoms with E-state index in [-0.39, 0.29) is 0 Å². The van der Waals surface area contributed by atoms with E-state index in [0.29, 0.717) is 6.61 Å². The SMILES string of the molecule is CCSc1ccc2nc(NCCOC)sc2c1. The predicted octanol–water partition coefficient (Wildman–Crippen LogP) is 3.47. The molecule has 0 aliphatic heterocycles. The first-order chi connectivity index (χ1) is 8.33. The molecule has 5 heteroatoms. The molecule has 1 heterocycles. The summed E-state index contributed by atoms with van der Waals surface area (Å²) in [5, 5.41) is 4.23. The molecule has 0 radical (unpaired) electrons. The largest absolute Gasteiger partial charge is 0.383 e. The van der Waals surface area contributed by atoms with Gasteiger partial charge in [0.05, 0.1) is 16.8 Å². The van der Waals surface area contributed by atoms with Crippen LogP contribution in [0.15, 0.2) is 23.1 Å². The fraction of sp³-hybridized carbons (Fsp3) is 0.417. The van der Waals surface area contributed by atoms with Crippen LogP contribution in [0.1, 0.15) is 6.92 Å². The van der Waals surface area contributed by atoms with Gasteiger partial charge in [-0.2, -0.15) is 0 Å². The standard InChI is InChI=1S/C12H16N2OS2/c1-3-16-9-4-5-10-11(8-9)17-12(14-10)13-6-7-15-2/h4-5,8H,3,6-7H2,1-2H3,(H,13,14). The lowest BCUT2D eigenvalue weighted by molar-refractivity contribution is 0.211. The van der Waals surface area contributed by atoms with Crippen molar-refractivity contribution >= 4 is 38.4 Å². The van der Waals surface area contributed by atoms with Gasteiger partial charge >= 0.3 is 0 Å². The van der Waals surface area contributed by atoms with Crippen molar-refractivity contribution in [1.29, 1.82) is 0 Å². The van der Waals surface area contributed by atoms with Gasteiger partial charge in [0.25, 0.3) is 0 Å². The number of anilines is 1. The van der Waals surface area contributed by atoms with Crippen LogP contribution in [0.4, 0.5) is 5.13 Å². The number of fused-ring (bicyclic) bond motifs is 1. The second-order valence-corrected chi connectivity index (χ2v) is 5.87. The zero-order valence-electron chi connectivity index (χ0n) is 10.0. The molecular weight excluding hydrogens is 252 g/mol. The summed E-state index contributed by atoms with van der Waals surface area (Å²) < 4.78 is 6.24. The summed E-state index contributed by atoms with van der Waals surface area (Å²) in [4.78, 5) is 5.84. The van der Waals surface area contributed by atoms with E-state index < -0.39 is 0 Å². The second kappa shape index (κ2) is 6.23. The molecule has 0 spiro atoms. The summed E-state index contributed by atoms with van der Waals surface area (Å²) in [6.07, 6.45) is 0. The maximum Gasteiger partial charge on any atom is 0.183 e. The Balaban J connectivity index is 2.12. The Morgan fingerprint density at radius 3 is 3.12 bits per heavy atom. The van der Waals surface area contributed by atoms with Gasteiger partial charge in [0, 0.05) is 18.6 Å². The van der Waals surface area contributed by atoms with Crippen LogP contribution >= 0.6 is 23.1 Å². The van der Waals surface area contributed by atoms with Crippen LogP contribution in [0.2, 0.25) is 0 Å². The molecule has 17 heavy (non-hydrogen) atoms. The number of hydrogen-bond donors (Lipinski definition) is 1. The Hall–Kier alpha value is -0.780. The zero-order chi connectivity index (χ0) is 12.1. The van der Waals surface area contributed by atoms with Crippen LogP contribution in [0.25, 0.3) is 10.2 Å². The molecule has 92 valence electrons. The molecule has 0 aliphatic rings. The quantitative estimate of drug-likeness (QED) is 0.642. The number of nitrogens with one attached hydrogen (secondary N) is 1.